The molecule has 0 saturated carbocycles. The third-order valence-electron chi connectivity index (χ3n) is 2.59. The van der Waals surface area contributed by atoms with E-state index < -0.39 is 0 Å². The molecular formula is C11H20N2O4. The fourth-order valence-corrected chi connectivity index (χ4v) is 1.69. The van der Waals surface area contributed by atoms with Crippen molar-refractivity contribution in [2.45, 2.75) is 13.3 Å². The maximum Gasteiger partial charge on any atom is 0.325 e. The zero-order chi connectivity index (χ0) is 12.7. The minimum Gasteiger partial charge on any atom is -0.468 e. The summed E-state index contributed by atoms with van der Waals surface area (Å²) in [6, 6.07) is -0.111. The van der Waals surface area contributed by atoms with E-state index in [1.54, 1.807) is 4.90 Å². The highest BCUT2D eigenvalue weighted by molar-refractivity contribution is 5.81. The second-order valence-electron chi connectivity index (χ2n) is 3.88. The number of urea groups is 1. The van der Waals surface area contributed by atoms with Crippen LogP contribution < -0.4 is 0 Å². The molecule has 0 spiro atoms. The van der Waals surface area contributed by atoms with E-state index in [1.165, 1.54) is 12.0 Å². The summed E-state index contributed by atoms with van der Waals surface area (Å²) >= 11 is 0. The van der Waals surface area contributed by atoms with Crippen molar-refractivity contribution in [1.29, 1.82) is 0 Å². The number of esters is 1. The molecule has 0 aromatic heterocycles. The highest BCUT2D eigenvalue weighted by atomic mass is 16.5. The Balaban J connectivity index is 2.55. The molecule has 1 saturated heterocycles. The number of ether oxygens (including phenoxy) is 2. The van der Waals surface area contributed by atoms with E-state index in [-0.39, 0.29) is 18.5 Å². The van der Waals surface area contributed by atoms with E-state index in [1.807, 2.05) is 6.92 Å². The van der Waals surface area contributed by atoms with Crippen LogP contribution in [0.15, 0.2) is 0 Å². The highest BCUT2D eigenvalue weighted by Crippen LogP contribution is 2.04. The lowest BCUT2D eigenvalue weighted by molar-refractivity contribution is -0.141. The van der Waals surface area contributed by atoms with Gasteiger partial charge in [-0.2, -0.15) is 0 Å². The molecule has 0 radical (unpaired) electrons. The standard InChI is InChI=1S/C11H20N2O4/c1-3-4-13(9-10(14)16-2)11(15)12-5-7-17-8-6-12/h3-9H2,1-2H3. The lowest BCUT2D eigenvalue weighted by Crippen LogP contribution is -2.49. The van der Waals surface area contributed by atoms with Crippen molar-refractivity contribution in [3.05, 3.63) is 0 Å². The molecule has 1 fully saturated rings. The van der Waals surface area contributed by atoms with Crippen molar-refractivity contribution in [2.24, 2.45) is 0 Å². The molecule has 2 amide bonds. The van der Waals surface area contributed by atoms with Crippen LogP contribution in [0, 0.1) is 0 Å². The summed E-state index contributed by atoms with van der Waals surface area (Å²) in [6.07, 6.45) is 0.813. The highest BCUT2D eigenvalue weighted by Gasteiger charge is 2.24. The van der Waals surface area contributed by atoms with Crippen molar-refractivity contribution in [1.82, 2.24) is 9.80 Å². The summed E-state index contributed by atoms with van der Waals surface area (Å²) in [5, 5.41) is 0. The number of amides is 2. The Bertz CT molecular complexity index is 264. The Hall–Kier alpha value is -1.30. The average molecular weight is 244 g/mol. The summed E-state index contributed by atoms with van der Waals surface area (Å²) in [7, 11) is 1.33. The van der Waals surface area contributed by atoms with Gasteiger partial charge in [0.05, 0.1) is 20.3 Å². The van der Waals surface area contributed by atoms with Crippen LogP contribution in [0.2, 0.25) is 0 Å². The molecule has 1 rings (SSSR count). The van der Waals surface area contributed by atoms with E-state index in [2.05, 4.69) is 4.74 Å². The molecule has 1 heterocycles. The van der Waals surface area contributed by atoms with Crippen LogP contribution in [0.5, 0.6) is 0 Å². The van der Waals surface area contributed by atoms with Crippen molar-refractivity contribution in [3.63, 3.8) is 0 Å². The maximum atomic E-state index is 12.1. The third-order valence-corrected chi connectivity index (χ3v) is 2.59. The van der Waals surface area contributed by atoms with E-state index in [9.17, 15) is 9.59 Å². The number of nitrogens with zero attached hydrogens (tertiary/aromatic N) is 2. The minimum atomic E-state index is -0.389. The Kier molecular flexibility index (Phi) is 5.76. The zero-order valence-electron chi connectivity index (χ0n) is 10.5. The SMILES string of the molecule is CCCN(CC(=O)OC)C(=O)N1CCOCC1. The van der Waals surface area contributed by atoms with Gasteiger partial charge in [-0.1, -0.05) is 6.92 Å². The van der Waals surface area contributed by atoms with Crippen molar-refractivity contribution >= 4 is 12.0 Å². The van der Waals surface area contributed by atoms with E-state index in [0.29, 0.717) is 32.8 Å². The molecule has 0 N–H and O–H groups in total. The molecule has 0 unspecified atom stereocenters. The van der Waals surface area contributed by atoms with Gasteiger partial charge in [-0.25, -0.2) is 4.79 Å². The quantitative estimate of drug-likeness (QED) is 0.668. The summed E-state index contributed by atoms with van der Waals surface area (Å²) in [5.74, 6) is -0.389. The molecule has 98 valence electrons. The molecule has 0 aromatic carbocycles. The third kappa shape index (κ3) is 4.22. The largest absolute Gasteiger partial charge is 0.468 e. The second-order valence-corrected chi connectivity index (χ2v) is 3.88. The Morgan fingerprint density at radius 1 is 1.35 bits per heavy atom. The molecule has 6 nitrogen and oxygen atoms in total. The van der Waals surface area contributed by atoms with Crippen LogP contribution in [0.3, 0.4) is 0 Å². The van der Waals surface area contributed by atoms with Crippen LogP contribution in [0.1, 0.15) is 13.3 Å². The minimum absolute atomic E-state index is 0.0144. The normalized spacial score (nSPS) is 15.5. The fourth-order valence-electron chi connectivity index (χ4n) is 1.69. The first kappa shape index (κ1) is 13.8. The van der Waals surface area contributed by atoms with Gasteiger partial charge in [0.2, 0.25) is 0 Å². The molecule has 0 aromatic rings. The van der Waals surface area contributed by atoms with Gasteiger partial charge in [-0.15, -0.1) is 0 Å². The first-order valence-corrected chi connectivity index (χ1v) is 5.87. The summed E-state index contributed by atoms with van der Waals surface area (Å²) in [6.45, 7) is 4.83. The lowest BCUT2D eigenvalue weighted by Gasteiger charge is -2.32. The number of carbonyl (C=O) groups excluding carboxylic acids is 2. The van der Waals surface area contributed by atoms with E-state index in [4.69, 9.17) is 4.74 Å². The monoisotopic (exact) mass is 244 g/mol. The van der Waals surface area contributed by atoms with Gasteiger partial charge < -0.3 is 19.3 Å². The first-order valence-electron chi connectivity index (χ1n) is 5.87. The molecule has 17 heavy (non-hydrogen) atoms. The van der Waals surface area contributed by atoms with E-state index >= 15 is 0 Å². The summed E-state index contributed by atoms with van der Waals surface area (Å²) in [5.41, 5.74) is 0. The van der Waals surface area contributed by atoms with Crippen LogP contribution in [-0.4, -0.2) is 68.3 Å². The van der Waals surface area contributed by atoms with Gasteiger partial charge >= 0.3 is 12.0 Å². The van der Waals surface area contributed by atoms with Crippen molar-refractivity contribution in [2.75, 3.05) is 46.5 Å². The number of hydrogen-bond acceptors (Lipinski definition) is 4. The number of rotatable bonds is 4. The van der Waals surface area contributed by atoms with Gasteiger partial charge in [0.25, 0.3) is 0 Å². The number of morpholine rings is 1. The van der Waals surface area contributed by atoms with Gasteiger partial charge in [0, 0.05) is 19.6 Å². The number of methoxy groups -OCH3 is 1. The van der Waals surface area contributed by atoms with Gasteiger partial charge in [-0.05, 0) is 6.42 Å². The van der Waals surface area contributed by atoms with Gasteiger partial charge in [0.15, 0.2) is 0 Å². The molecule has 0 aliphatic carbocycles. The zero-order valence-corrected chi connectivity index (χ0v) is 10.5. The summed E-state index contributed by atoms with van der Waals surface area (Å²) < 4.78 is 9.78. The first-order chi connectivity index (χ1) is 8.19. The van der Waals surface area contributed by atoms with Crippen molar-refractivity contribution in [3.8, 4) is 0 Å². The maximum absolute atomic E-state index is 12.1. The van der Waals surface area contributed by atoms with Gasteiger partial charge in [-0.3, -0.25) is 4.79 Å². The van der Waals surface area contributed by atoms with Crippen LogP contribution in [0.4, 0.5) is 4.79 Å². The number of hydrogen-bond donors (Lipinski definition) is 0. The predicted octanol–water partition coefficient (Wildman–Crippen LogP) is 0.324. The molecule has 1 aliphatic rings. The van der Waals surface area contributed by atoms with Crippen LogP contribution in [-0.2, 0) is 14.3 Å². The second kappa shape index (κ2) is 7.11. The molecule has 0 atom stereocenters. The Labute approximate surface area is 101 Å². The summed E-state index contributed by atoms with van der Waals surface area (Å²) in [4.78, 5) is 26.6. The molecule has 6 heteroatoms. The smallest absolute Gasteiger partial charge is 0.325 e. The molecular weight excluding hydrogens is 224 g/mol. The number of carbonyl (C=O) groups is 2. The average Bonchev–Trinajstić information content (AvgIpc) is 2.38. The lowest BCUT2D eigenvalue weighted by atomic mass is 10.4. The fraction of sp³-hybridized carbons (Fsp3) is 0.818. The Morgan fingerprint density at radius 3 is 2.53 bits per heavy atom. The molecule has 1 aliphatic heterocycles. The Morgan fingerprint density at radius 2 is 2.00 bits per heavy atom. The topological polar surface area (TPSA) is 59.1 Å². The van der Waals surface area contributed by atoms with E-state index in [0.717, 1.165) is 6.42 Å². The van der Waals surface area contributed by atoms with Crippen LogP contribution in [0.25, 0.3) is 0 Å². The molecule has 0 bridgehead atoms. The van der Waals surface area contributed by atoms with Crippen molar-refractivity contribution < 1.29 is 19.1 Å². The van der Waals surface area contributed by atoms with Gasteiger partial charge in [0.1, 0.15) is 6.54 Å². The predicted molar refractivity (Wildman–Crippen MR) is 61.7 cm³/mol. The van der Waals surface area contributed by atoms with Crippen LogP contribution >= 0.6 is 0 Å².